The maximum Gasteiger partial charge on any atom is 0.318 e. The van der Waals surface area contributed by atoms with Gasteiger partial charge in [0.1, 0.15) is 5.92 Å². The number of carbonyl (C=O) groups is 3. The summed E-state index contributed by atoms with van der Waals surface area (Å²) in [5.41, 5.74) is 0. The number of esters is 1. The summed E-state index contributed by atoms with van der Waals surface area (Å²) in [6, 6.07) is 0. The molecule has 0 saturated carbocycles. The average Bonchev–Trinajstić information content (AvgIpc) is 2.47. The monoisotopic (exact) mass is 185 g/mol. The number of hydrogen-bond acceptors (Lipinski definition) is 4. The van der Waals surface area contributed by atoms with E-state index in [1.807, 2.05) is 0 Å². The van der Waals surface area contributed by atoms with Gasteiger partial charge in [-0.2, -0.15) is 0 Å². The highest BCUT2D eigenvalue weighted by Crippen LogP contribution is 2.12. The van der Waals surface area contributed by atoms with E-state index in [9.17, 15) is 14.4 Å². The summed E-state index contributed by atoms with van der Waals surface area (Å²) in [5, 5.41) is 0. The Morgan fingerprint density at radius 1 is 1.77 bits per heavy atom. The van der Waals surface area contributed by atoms with Gasteiger partial charge >= 0.3 is 5.97 Å². The Balaban J connectivity index is 2.56. The fourth-order valence-electron chi connectivity index (χ4n) is 1.24. The minimum atomic E-state index is -0.773. The summed E-state index contributed by atoms with van der Waals surface area (Å²) in [5.74, 6) is -1.55. The van der Waals surface area contributed by atoms with Crippen molar-refractivity contribution in [2.45, 2.75) is 6.92 Å². The molecule has 1 aliphatic heterocycles. The van der Waals surface area contributed by atoms with Crippen molar-refractivity contribution in [1.82, 2.24) is 4.90 Å². The first kappa shape index (κ1) is 9.70. The summed E-state index contributed by atoms with van der Waals surface area (Å²) in [6.07, 6.45) is 0.567. The quantitative estimate of drug-likeness (QED) is 0.328. The first-order valence-electron chi connectivity index (χ1n) is 4.07. The van der Waals surface area contributed by atoms with Crippen LogP contribution < -0.4 is 0 Å². The number of likely N-dealkylation sites (tertiary alicyclic amines) is 1. The van der Waals surface area contributed by atoms with Crippen LogP contribution in [0.5, 0.6) is 0 Å². The molecule has 1 amide bonds. The maximum absolute atomic E-state index is 11.2. The first-order valence-corrected chi connectivity index (χ1v) is 4.07. The van der Waals surface area contributed by atoms with Gasteiger partial charge in [-0.25, -0.2) is 0 Å². The normalized spacial score (nSPS) is 21.8. The van der Waals surface area contributed by atoms with Gasteiger partial charge in [0.25, 0.3) is 0 Å². The molecule has 0 aromatic rings. The van der Waals surface area contributed by atoms with E-state index >= 15 is 0 Å². The van der Waals surface area contributed by atoms with Crippen molar-refractivity contribution >= 4 is 18.2 Å². The van der Waals surface area contributed by atoms with Gasteiger partial charge in [-0.05, 0) is 6.92 Å². The third-order valence-electron chi connectivity index (χ3n) is 1.88. The molecule has 0 spiro atoms. The van der Waals surface area contributed by atoms with Crippen LogP contribution in [0.4, 0.5) is 0 Å². The highest BCUT2D eigenvalue weighted by molar-refractivity contribution is 6.02. The molecule has 0 radical (unpaired) electrons. The molecule has 1 rings (SSSR count). The van der Waals surface area contributed by atoms with E-state index in [-0.39, 0.29) is 25.5 Å². The van der Waals surface area contributed by atoms with Crippen molar-refractivity contribution in [3.05, 3.63) is 0 Å². The van der Waals surface area contributed by atoms with Crippen LogP contribution in [0.3, 0.4) is 0 Å². The third kappa shape index (κ3) is 2.05. The molecule has 5 nitrogen and oxygen atoms in total. The van der Waals surface area contributed by atoms with Crippen LogP contribution in [0.15, 0.2) is 0 Å². The topological polar surface area (TPSA) is 63.7 Å². The van der Waals surface area contributed by atoms with Gasteiger partial charge in [0.05, 0.1) is 13.2 Å². The fraction of sp³-hybridized carbons (Fsp3) is 0.625. The Hall–Kier alpha value is -1.39. The zero-order chi connectivity index (χ0) is 9.84. The first-order chi connectivity index (χ1) is 6.19. The lowest BCUT2D eigenvalue weighted by atomic mass is 10.1. The minimum Gasteiger partial charge on any atom is -0.465 e. The molecular formula is C8H11NO4. The Morgan fingerprint density at radius 3 is 2.92 bits per heavy atom. The largest absolute Gasteiger partial charge is 0.465 e. The molecule has 1 heterocycles. The second-order valence-electron chi connectivity index (χ2n) is 2.81. The van der Waals surface area contributed by atoms with Crippen molar-refractivity contribution in [3.63, 3.8) is 0 Å². The van der Waals surface area contributed by atoms with Gasteiger partial charge in [-0.1, -0.05) is 0 Å². The molecule has 1 atom stereocenters. The van der Waals surface area contributed by atoms with Gasteiger partial charge in [0, 0.05) is 6.54 Å². The molecule has 1 aliphatic rings. The van der Waals surface area contributed by atoms with Crippen LogP contribution in [0.1, 0.15) is 6.92 Å². The second kappa shape index (κ2) is 4.02. The van der Waals surface area contributed by atoms with Gasteiger partial charge in [0.2, 0.25) is 6.41 Å². The molecule has 0 aromatic heterocycles. The number of carbonyl (C=O) groups excluding carboxylic acids is 3. The standard InChI is InChI=1S/C8H11NO4/c1-2-13-8(12)6-3-9(5-10)4-7(6)11/h5-6H,2-4H2,1H3. The van der Waals surface area contributed by atoms with Crippen molar-refractivity contribution in [3.8, 4) is 0 Å². The van der Waals surface area contributed by atoms with Crippen LogP contribution in [-0.4, -0.2) is 42.8 Å². The van der Waals surface area contributed by atoms with Crippen molar-refractivity contribution < 1.29 is 19.1 Å². The molecule has 5 heteroatoms. The molecule has 72 valence electrons. The Labute approximate surface area is 75.6 Å². The average molecular weight is 185 g/mol. The smallest absolute Gasteiger partial charge is 0.318 e. The number of Topliss-reactive ketones (excluding diaryl/α,β-unsaturated/α-hetero) is 1. The molecule has 13 heavy (non-hydrogen) atoms. The lowest BCUT2D eigenvalue weighted by Crippen LogP contribution is -2.25. The molecule has 0 aromatic carbocycles. The van der Waals surface area contributed by atoms with Crippen LogP contribution in [0, 0.1) is 5.92 Å². The molecular weight excluding hydrogens is 174 g/mol. The Bertz CT molecular complexity index is 238. The van der Waals surface area contributed by atoms with E-state index in [1.165, 1.54) is 4.90 Å². The predicted molar refractivity (Wildman–Crippen MR) is 42.8 cm³/mol. The van der Waals surface area contributed by atoms with Crippen LogP contribution in [-0.2, 0) is 19.1 Å². The Kier molecular flexibility index (Phi) is 3.00. The summed E-state index contributed by atoms with van der Waals surface area (Å²) in [6.45, 7) is 2.10. The highest BCUT2D eigenvalue weighted by Gasteiger charge is 2.36. The molecule has 1 saturated heterocycles. The third-order valence-corrected chi connectivity index (χ3v) is 1.88. The van der Waals surface area contributed by atoms with Gasteiger partial charge in [-0.15, -0.1) is 0 Å². The molecule has 0 N–H and O–H groups in total. The fourth-order valence-corrected chi connectivity index (χ4v) is 1.24. The lowest BCUT2D eigenvalue weighted by molar-refractivity contribution is -0.149. The lowest BCUT2D eigenvalue weighted by Gasteiger charge is -2.07. The van der Waals surface area contributed by atoms with Crippen molar-refractivity contribution in [2.24, 2.45) is 5.92 Å². The van der Waals surface area contributed by atoms with Crippen molar-refractivity contribution in [1.29, 1.82) is 0 Å². The van der Waals surface area contributed by atoms with E-state index < -0.39 is 11.9 Å². The number of rotatable bonds is 3. The summed E-state index contributed by atoms with van der Waals surface area (Å²) in [4.78, 5) is 33.9. The molecule has 1 fully saturated rings. The molecule has 0 bridgehead atoms. The summed E-state index contributed by atoms with van der Waals surface area (Å²) >= 11 is 0. The molecule has 0 aliphatic carbocycles. The predicted octanol–water partition coefficient (Wildman–Crippen LogP) is -0.793. The Morgan fingerprint density at radius 2 is 2.46 bits per heavy atom. The number of amides is 1. The highest BCUT2D eigenvalue weighted by atomic mass is 16.5. The molecule has 1 unspecified atom stereocenters. The van der Waals surface area contributed by atoms with E-state index in [2.05, 4.69) is 4.74 Å². The SMILES string of the molecule is CCOC(=O)C1CN(C=O)CC1=O. The minimum absolute atomic E-state index is 0.0208. The van der Waals surface area contributed by atoms with E-state index in [0.29, 0.717) is 6.41 Å². The number of ether oxygens (including phenoxy) is 1. The van der Waals surface area contributed by atoms with Crippen LogP contribution >= 0.6 is 0 Å². The summed E-state index contributed by atoms with van der Waals surface area (Å²) < 4.78 is 4.69. The number of ketones is 1. The van der Waals surface area contributed by atoms with Crippen LogP contribution in [0.2, 0.25) is 0 Å². The zero-order valence-electron chi connectivity index (χ0n) is 7.36. The van der Waals surface area contributed by atoms with E-state index in [0.717, 1.165) is 0 Å². The van der Waals surface area contributed by atoms with Gasteiger partial charge in [0.15, 0.2) is 5.78 Å². The number of nitrogens with zero attached hydrogens (tertiary/aromatic N) is 1. The van der Waals surface area contributed by atoms with Crippen LogP contribution in [0.25, 0.3) is 0 Å². The number of hydrogen-bond donors (Lipinski definition) is 0. The van der Waals surface area contributed by atoms with Crippen molar-refractivity contribution in [2.75, 3.05) is 19.7 Å². The maximum atomic E-state index is 11.2. The van der Waals surface area contributed by atoms with Gasteiger partial charge < -0.3 is 9.64 Å². The van der Waals surface area contributed by atoms with Gasteiger partial charge in [-0.3, -0.25) is 14.4 Å². The summed E-state index contributed by atoms with van der Waals surface area (Å²) in [7, 11) is 0. The van der Waals surface area contributed by atoms with E-state index in [4.69, 9.17) is 0 Å². The second-order valence-corrected chi connectivity index (χ2v) is 2.81. The van der Waals surface area contributed by atoms with E-state index in [1.54, 1.807) is 6.92 Å². The zero-order valence-corrected chi connectivity index (χ0v) is 7.36.